The van der Waals surface area contributed by atoms with E-state index in [0.717, 1.165) is 38.3 Å². The van der Waals surface area contributed by atoms with Crippen LogP contribution in [0.1, 0.15) is 26.3 Å². The van der Waals surface area contributed by atoms with Crippen LogP contribution in [-0.4, -0.2) is 55.1 Å². The molecule has 1 saturated heterocycles. The van der Waals surface area contributed by atoms with E-state index in [-0.39, 0.29) is 17.3 Å². The van der Waals surface area contributed by atoms with Gasteiger partial charge in [0.25, 0.3) is 0 Å². The second-order valence-corrected chi connectivity index (χ2v) is 6.47. The van der Waals surface area contributed by atoms with Crippen LogP contribution in [0.2, 0.25) is 0 Å². The Morgan fingerprint density at radius 3 is 2.32 bits per heavy atom. The van der Waals surface area contributed by atoms with Crippen molar-refractivity contribution in [1.82, 2.24) is 15.1 Å². The molecule has 122 valence electrons. The zero-order chi connectivity index (χ0) is 16.2. The molecule has 0 bridgehead atoms. The summed E-state index contributed by atoms with van der Waals surface area (Å²) in [4.78, 5) is 16.5. The number of carbonyl (C=O) groups excluding carboxylic acids is 1. The number of halogens is 1. The number of likely N-dealkylation sites (N-methyl/N-ethyl adjacent to an activating group) is 1. The van der Waals surface area contributed by atoms with Gasteiger partial charge in [-0.2, -0.15) is 0 Å². The lowest BCUT2D eigenvalue weighted by atomic mass is 9.84. The largest absolute Gasteiger partial charge is 0.337 e. The molecular formula is C17H26FN3O. The maximum atomic E-state index is 13.0. The van der Waals surface area contributed by atoms with Crippen LogP contribution in [0.3, 0.4) is 0 Å². The van der Waals surface area contributed by atoms with Gasteiger partial charge in [-0.1, -0.05) is 32.9 Å². The van der Waals surface area contributed by atoms with Crippen LogP contribution < -0.4 is 5.32 Å². The Hall–Kier alpha value is -1.62. The predicted octanol–water partition coefficient (Wildman–Crippen LogP) is 2.45. The summed E-state index contributed by atoms with van der Waals surface area (Å²) >= 11 is 0. The Bertz CT molecular complexity index is 493. The highest BCUT2D eigenvalue weighted by molar-refractivity contribution is 5.74. The fourth-order valence-electron chi connectivity index (χ4n) is 2.68. The van der Waals surface area contributed by atoms with Crippen LogP contribution in [0.4, 0.5) is 9.18 Å². The van der Waals surface area contributed by atoms with Gasteiger partial charge in [-0.25, -0.2) is 9.18 Å². The quantitative estimate of drug-likeness (QED) is 0.927. The molecule has 0 aliphatic carbocycles. The van der Waals surface area contributed by atoms with E-state index < -0.39 is 0 Å². The number of nitrogens with zero attached hydrogens (tertiary/aromatic N) is 2. The van der Waals surface area contributed by atoms with Crippen LogP contribution in [-0.2, 0) is 5.41 Å². The van der Waals surface area contributed by atoms with Gasteiger partial charge in [-0.15, -0.1) is 0 Å². The summed E-state index contributed by atoms with van der Waals surface area (Å²) in [5.41, 5.74) is 0.791. The number of benzene rings is 1. The van der Waals surface area contributed by atoms with Gasteiger partial charge in [0.05, 0.1) is 0 Å². The molecule has 1 heterocycles. The molecule has 0 radical (unpaired) electrons. The van der Waals surface area contributed by atoms with Gasteiger partial charge >= 0.3 is 6.03 Å². The molecule has 4 nitrogen and oxygen atoms in total. The maximum Gasteiger partial charge on any atom is 0.317 e. The summed E-state index contributed by atoms with van der Waals surface area (Å²) < 4.78 is 13.0. The number of nitrogens with one attached hydrogen (secondary N) is 1. The van der Waals surface area contributed by atoms with Crippen molar-refractivity contribution < 1.29 is 9.18 Å². The Labute approximate surface area is 132 Å². The molecule has 0 atom stereocenters. The van der Waals surface area contributed by atoms with Crippen LogP contribution in [0.25, 0.3) is 0 Å². The Morgan fingerprint density at radius 2 is 1.77 bits per heavy atom. The molecule has 5 heteroatoms. The molecule has 1 aromatic rings. The first-order valence-electron chi connectivity index (χ1n) is 7.93. The average molecular weight is 307 g/mol. The van der Waals surface area contributed by atoms with Gasteiger partial charge in [-0.05, 0) is 24.2 Å². The number of rotatable bonds is 4. The highest BCUT2D eigenvalue weighted by Crippen LogP contribution is 2.22. The van der Waals surface area contributed by atoms with Gasteiger partial charge in [0.15, 0.2) is 0 Å². The molecule has 1 N–H and O–H groups in total. The van der Waals surface area contributed by atoms with E-state index in [4.69, 9.17) is 0 Å². The third-order valence-corrected chi connectivity index (χ3v) is 4.41. The molecule has 0 saturated carbocycles. The number of urea groups is 1. The van der Waals surface area contributed by atoms with E-state index in [9.17, 15) is 9.18 Å². The fourth-order valence-corrected chi connectivity index (χ4v) is 2.68. The molecule has 1 aliphatic heterocycles. The Morgan fingerprint density at radius 1 is 1.18 bits per heavy atom. The van der Waals surface area contributed by atoms with Gasteiger partial charge in [0.2, 0.25) is 0 Å². The van der Waals surface area contributed by atoms with Gasteiger partial charge in [-0.3, -0.25) is 0 Å². The highest BCUT2D eigenvalue weighted by atomic mass is 19.1. The van der Waals surface area contributed by atoms with Crippen LogP contribution in [0, 0.1) is 5.82 Å². The molecule has 1 aromatic carbocycles. The monoisotopic (exact) mass is 307 g/mol. The summed E-state index contributed by atoms with van der Waals surface area (Å²) in [6, 6.07) is 6.47. The van der Waals surface area contributed by atoms with Crippen molar-refractivity contribution in [3.63, 3.8) is 0 Å². The molecule has 0 spiro atoms. The summed E-state index contributed by atoms with van der Waals surface area (Å²) in [7, 11) is 0. The van der Waals surface area contributed by atoms with Crippen molar-refractivity contribution in [2.45, 2.75) is 26.2 Å². The van der Waals surface area contributed by atoms with Crippen molar-refractivity contribution in [3.8, 4) is 0 Å². The first-order chi connectivity index (χ1) is 10.4. The normalized spacial score (nSPS) is 16.6. The number of hydrogen-bond acceptors (Lipinski definition) is 2. The summed E-state index contributed by atoms with van der Waals surface area (Å²) in [5, 5.41) is 3.01. The van der Waals surface area contributed by atoms with E-state index in [0.29, 0.717) is 6.54 Å². The standard InChI is InChI=1S/C17H26FN3O/c1-4-20-9-11-21(12-10-20)16(22)19-13-17(2,3)14-5-7-15(18)8-6-14/h5-8H,4,9-13H2,1-3H3,(H,19,22). The van der Waals surface area contributed by atoms with Crippen molar-refractivity contribution in [1.29, 1.82) is 0 Å². The first kappa shape index (κ1) is 16.7. The lowest BCUT2D eigenvalue weighted by Gasteiger charge is -2.35. The SMILES string of the molecule is CCN1CCN(C(=O)NCC(C)(C)c2ccc(F)cc2)CC1. The average Bonchev–Trinajstić information content (AvgIpc) is 2.53. The highest BCUT2D eigenvalue weighted by Gasteiger charge is 2.24. The number of amides is 2. The van der Waals surface area contributed by atoms with E-state index >= 15 is 0 Å². The Kier molecular flexibility index (Phi) is 5.40. The minimum atomic E-state index is -0.239. The maximum absolute atomic E-state index is 13.0. The summed E-state index contributed by atoms with van der Waals surface area (Å²) in [6.07, 6.45) is 0. The molecular weight excluding hydrogens is 281 g/mol. The lowest BCUT2D eigenvalue weighted by Crippen LogP contribution is -2.53. The third kappa shape index (κ3) is 4.19. The van der Waals surface area contributed by atoms with Crippen LogP contribution in [0.15, 0.2) is 24.3 Å². The molecule has 2 rings (SSSR count). The number of carbonyl (C=O) groups is 1. The van der Waals surface area contributed by atoms with Crippen LogP contribution >= 0.6 is 0 Å². The van der Waals surface area contributed by atoms with Gasteiger partial charge in [0.1, 0.15) is 5.82 Å². The number of hydrogen-bond donors (Lipinski definition) is 1. The van der Waals surface area contributed by atoms with E-state index in [1.807, 2.05) is 4.90 Å². The summed E-state index contributed by atoms with van der Waals surface area (Å²) in [6.45, 7) is 11.2. The zero-order valence-electron chi connectivity index (χ0n) is 13.7. The van der Waals surface area contributed by atoms with E-state index in [2.05, 4.69) is 31.0 Å². The van der Waals surface area contributed by atoms with Crippen molar-refractivity contribution in [2.24, 2.45) is 0 Å². The van der Waals surface area contributed by atoms with Crippen molar-refractivity contribution in [2.75, 3.05) is 39.3 Å². The Balaban J connectivity index is 1.86. The topological polar surface area (TPSA) is 35.6 Å². The van der Waals surface area contributed by atoms with E-state index in [1.165, 1.54) is 12.1 Å². The molecule has 0 unspecified atom stereocenters. The van der Waals surface area contributed by atoms with Crippen LogP contribution in [0.5, 0.6) is 0 Å². The minimum Gasteiger partial charge on any atom is -0.337 e. The second-order valence-electron chi connectivity index (χ2n) is 6.47. The molecule has 2 amide bonds. The lowest BCUT2D eigenvalue weighted by molar-refractivity contribution is 0.142. The van der Waals surface area contributed by atoms with Gasteiger partial charge in [0, 0.05) is 38.1 Å². The zero-order valence-corrected chi connectivity index (χ0v) is 13.7. The van der Waals surface area contributed by atoms with Crippen molar-refractivity contribution >= 4 is 6.03 Å². The number of piperazine rings is 1. The molecule has 1 aliphatic rings. The minimum absolute atomic E-state index is 0.00839. The summed E-state index contributed by atoms with van der Waals surface area (Å²) in [5.74, 6) is -0.239. The molecule has 1 fully saturated rings. The predicted molar refractivity (Wildman–Crippen MR) is 86.5 cm³/mol. The fraction of sp³-hybridized carbons (Fsp3) is 0.588. The second kappa shape index (κ2) is 7.09. The first-order valence-corrected chi connectivity index (χ1v) is 7.93. The van der Waals surface area contributed by atoms with E-state index in [1.54, 1.807) is 12.1 Å². The molecule has 22 heavy (non-hydrogen) atoms. The smallest absolute Gasteiger partial charge is 0.317 e. The third-order valence-electron chi connectivity index (χ3n) is 4.41. The van der Waals surface area contributed by atoms with Gasteiger partial charge < -0.3 is 15.1 Å². The van der Waals surface area contributed by atoms with Crippen molar-refractivity contribution in [3.05, 3.63) is 35.6 Å². The molecule has 0 aromatic heterocycles.